The molecule has 1 fully saturated rings. The van der Waals surface area contributed by atoms with Crippen LogP contribution in [0.25, 0.3) is 0 Å². The van der Waals surface area contributed by atoms with Gasteiger partial charge < -0.3 is 15.3 Å². The molecule has 2 aromatic rings. The van der Waals surface area contributed by atoms with Crippen molar-refractivity contribution in [3.8, 4) is 5.75 Å². The summed E-state index contributed by atoms with van der Waals surface area (Å²) in [7, 11) is 0. The Kier molecular flexibility index (Phi) is 4.97. The molecule has 5 nitrogen and oxygen atoms in total. The van der Waals surface area contributed by atoms with Crippen molar-refractivity contribution in [3.05, 3.63) is 65.5 Å². The molecule has 0 radical (unpaired) electrons. The van der Waals surface area contributed by atoms with Crippen molar-refractivity contribution in [1.29, 1.82) is 0 Å². The van der Waals surface area contributed by atoms with Crippen LogP contribution in [0.15, 0.2) is 48.5 Å². The van der Waals surface area contributed by atoms with E-state index in [9.17, 15) is 19.1 Å². The zero-order valence-electron chi connectivity index (χ0n) is 13.6. The van der Waals surface area contributed by atoms with Crippen LogP contribution in [0.1, 0.15) is 33.6 Å². The monoisotopic (exact) mass is 342 g/mol. The van der Waals surface area contributed by atoms with E-state index >= 15 is 0 Å². The molecule has 0 bridgehead atoms. The summed E-state index contributed by atoms with van der Waals surface area (Å²) >= 11 is 0. The van der Waals surface area contributed by atoms with E-state index in [1.165, 1.54) is 36.4 Å². The van der Waals surface area contributed by atoms with Crippen LogP contribution in [0.5, 0.6) is 5.75 Å². The minimum atomic E-state index is -0.379. The number of benzene rings is 2. The van der Waals surface area contributed by atoms with Crippen LogP contribution >= 0.6 is 0 Å². The predicted octanol–water partition coefficient (Wildman–Crippen LogP) is 2.57. The number of phenols is 1. The van der Waals surface area contributed by atoms with Gasteiger partial charge in [0.15, 0.2) is 0 Å². The average molecular weight is 342 g/mol. The van der Waals surface area contributed by atoms with Gasteiger partial charge in [-0.1, -0.05) is 6.07 Å². The predicted molar refractivity (Wildman–Crippen MR) is 90.9 cm³/mol. The van der Waals surface area contributed by atoms with Crippen LogP contribution in [0.4, 0.5) is 4.39 Å². The molecule has 25 heavy (non-hydrogen) atoms. The Bertz CT molecular complexity index is 768. The highest BCUT2D eigenvalue weighted by Crippen LogP contribution is 2.17. The summed E-state index contributed by atoms with van der Waals surface area (Å²) in [6.45, 7) is 1.06. The lowest BCUT2D eigenvalue weighted by Crippen LogP contribution is -2.46. The second-order valence-corrected chi connectivity index (χ2v) is 6.10. The summed E-state index contributed by atoms with van der Waals surface area (Å²) < 4.78 is 12.9. The molecule has 1 heterocycles. The molecule has 0 unspecified atom stereocenters. The molecular weight excluding hydrogens is 323 g/mol. The largest absolute Gasteiger partial charge is 0.508 e. The number of carbonyl (C=O) groups is 2. The van der Waals surface area contributed by atoms with Crippen molar-refractivity contribution in [2.75, 3.05) is 13.1 Å². The van der Waals surface area contributed by atoms with E-state index in [1.54, 1.807) is 17.0 Å². The number of hydrogen-bond donors (Lipinski definition) is 2. The maximum Gasteiger partial charge on any atom is 0.253 e. The highest BCUT2D eigenvalue weighted by atomic mass is 19.1. The third-order valence-electron chi connectivity index (χ3n) is 4.32. The first-order chi connectivity index (χ1) is 12.0. The minimum Gasteiger partial charge on any atom is -0.508 e. The van der Waals surface area contributed by atoms with Gasteiger partial charge in [-0.05, 0) is 55.3 Å². The lowest BCUT2D eigenvalue weighted by molar-refractivity contribution is 0.0697. The topological polar surface area (TPSA) is 69.6 Å². The molecule has 1 aliphatic rings. The Morgan fingerprint density at radius 2 is 1.72 bits per heavy atom. The average Bonchev–Trinajstić information content (AvgIpc) is 2.62. The number of likely N-dealkylation sites (tertiary alicyclic amines) is 1. The Balaban J connectivity index is 1.54. The van der Waals surface area contributed by atoms with Crippen molar-refractivity contribution >= 4 is 11.8 Å². The fourth-order valence-corrected chi connectivity index (χ4v) is 2.92. The lowest BCUT2D eigenvalue weighted by atomic mass is 10.0. The summed E-state index contributed by atoms with van der Waals surface area (Å²) in [6, 6.07) is 11.7. The molecule has 0 atom stereocenters. The SMILES string of the molecule is O=C(NC1CCN(C(=O)c2cccc(O)c2)CC1)c1ccc(F)cc1. The normalized spacial score (nSPS) is 15.0. The Morgan fingerprint density at radius 1 is 1.04 bits per heavy atom. The van der Waals surface area contributed by atoms with Gasteiger partial charge in [0.05, 0.1) is 0 Å². The van der Waals surface area contributed by atoms with Gasteiger partial charge in [0.25, 0.3) is 11.8 Å². The number of hydrogen-bond acceptors (Lipinski definition) is 3. The zero-order valence-corrected chi connectivity index (χ0v) is 13.6. The van der Waals surface area contributed by atoms with Crippen LogP contribution < -0.4 is 5.32 Å². The summed E-state index contributed by atoms with van der Waals surface area (Å²) in [5.74, 6) is -0.681. The number of phenolic OH excluding ortho intramolecular Hbond substituents is 1. The van der Waals surface area contributed by atoms with Gasteiger partial charge in [-0.25, -0.2) is 4.39 Å². The summed E-state index contributed by atoms with van der Waals surface area (Å²) in [6.07, 6.45) is 1.30. The fourth-order valence-electron chi connectivity index (χ4n) is 2.92. The third-order valence-corrected chi connectivity index (χ3v) is 4.32. The molecular formula is C19H19FN2O3. The lowest BCUT2D eigenvalue weighted by Gasteiger charge is -2.32. The van der Waals surface area contributed by atoms with E-state index in [0.29, 0.717) is 37.1 Å². The second kappa shape index (κ2) is 7.34. The highest BCUT2D eigenvalue weighted by molar-refractivity contribution is 5.95. The van der Waals surface area contributed by atoms with Crippen LogP contribution in [-0.4, -0.2) is 41.0 Å². The van der Waals surface area contributed by atoms with Gasteiger partial charge in [0.2, 0.25) is 0 Å². The number of aromatic hydroxyl groups is 1. The molecule has 1 saturated heterocycles. The molecule has 0 saturated carbocycles. The van der Waals surface area contributed by atoms with E-state index in [1.807, 2.05) is 0 Å². The number of nitrogens with one attached hydrogen (secondary N) is 1. The van der Waals surface area contributed by atoms with Gasteiger partial charge in [-0.2, -0.15) is 0 Å². The minimum absolute atomic E-state index is 0.0224. The molecule has 0 aromatic heterocycles. The second-order valence-electron chi connectivity index (χ2n) is 6.10. The molecule has 0 spiro atoms. The fraction of sp³-hybridized carbons (Fsp3) is 0.263. The number of rotatable bonds is 3. The quantitative estimate of drug-likeness (QED) is 0.901. The maximum atomic E-state index is 12.9. The van der Waals surface area contributed by atoms with Crippen molar-refractivity contribution < 1.29 is 19.1 Å². The van der Waals surface area contributed by atoms with Crippen molar-refractivity contribution in [2.45, 2.75) is 18.9 Å². The zero-order chi connectivity index (χ0) is 17.8. The van der Waals surface area contributed by atoms with Crippen molar-refractivity contribution in [1.82, 2.24) is 10.2 Å². The summed E-state index contributed by atoms with van der Waals surface area (Å²) in [4.78, 5) is 26.3. The van der Waals surface area contributed by atoms with Crippen LogP contribution in [0.3, 0.4) is 0 Å². The van der Waals surface area contributed by atoms with Gasteiger partial charge in [-0.3, -0.25) is 9.59 Å². The third kappa shape index (κ3) is 4.15. The molecule has 1 aliphatic heterocycles. The first-order valence-electron chi connectivity index (χ1n) is 8.17. The number of amides is 2. The van der Waals surface area contributed by atoms with E-state index in [0.717, 1.165) is 0 Å². The number of piperidine rings is 1. The van der Waals surface area contributed by atoms with Crippen molar-refractivity contribution in [3.63, 3.8) is 0 Å². The first kappa shape index (κ1) is 17.0. The molecule has 2 aromatic carbocycles. The summed E-state index contributed by atoms with van der Waals surface area (Å²) in [5.41, 5.74) is 0.869. The maximum absolute atomic E-state index is 12.9. The number of halogens is 1. The van der Waals surface area contributed by atoms with Gasteiger partial charge in [-0.15, -0.1) is 0 Å². The molecule has 2 N–H and O–H groups in total. The van der Waals surface area contributed by atoms with Gasteiger partial charge in [0.1, 0.15) is 11.6 Å². The Morgan fingerprint density at radius 3 is 2.36 bits per heavy atom. The molecule has 3 rings (SSSR count). The molecule has 0 aliphatic carbocycles. The standard InChI is InChI=1S/C19H19FN2O3/c20-15-6-4-13(5-7-15)18(24)21-16-8-10-22(11-9-16)19(25)14-2-1-3-17(23)12-14/h1-7,12,16,23H,8-11H2,(H,21,24). The van der Waals surface area contributed by atoms with E-state index in [-0.39, 0.29) is 29.4 Å². The smallest absolute Gasteiger partial charge is 0.253 e. The molecule has 2 amide bonds. The van der Waals surface area contributed by atoms with Gasteiger partial charge >= 0.3 is 0 Å². The molecule has 130 valence electrons. The van der Waals surface area contributed by atoms with Crippen molar-refractivity contribution in [2.24, 2.45) is 0 Å². The number of carbonyl (C=O) groups excluding carboxylic acids is 2. The first-order valence-corrected chi connectivity index (χ1v) is 8.17. The van der Waals surface area contributed by atoms with E-state index in [2.05, 4.69) is 5.32 Å². The van der Waals surface area contributed by atoms with E-state index in [4.69, 9.17) is 0 Å². The Hall–Kier alpha value is -2.89. The van der Waals surface area contributed by atoms with Crippen LogP contribution in [-0.2, 0) is 0 Å². The summed E-state index contributed by atoms with van der Waals surface area (Å²) in [5, 5.41) is 12.4. The van der Waals surface area contributed by atoms with Crippen LogP contribution in [0.2, 0.25) is 0 Å². The van der Waals surface area contributed by atoms with E-state index < -0.39 is 0 Å². The Labute approximate surface area is 145 Å². The van der Waals surface area contributed by atoms with Crippen LogP contribution in [0, 0.1) is 5.82 Å². The molecule has 6 heteroatoms. The highest BCUT2D eigenvalue weighted by Gasteiger charge is 2.25. The number of nitrogens with zero attached hydrogens (tertiary/aromatic N) is 1. The van der Waals surface area contributed by atoms with Gasteiger partial charge in [0, 0.05) is 30.3 Å².